The van der Waals surface area contributed by atoms with Crippen LogP contribution in [0.1, 0.15) is 59.8 Å². The Bertz CT molecular complexity index is 518. The smallest absolute Gasteiger partial charge is 0.442 e. The minimum Gasteiger partial charge on any atom is -0.459 e. The van der Waals surface area contributed by atoms with Crippen LogP contribution in [0.4, 0.5) is 13.2 Å². The van der Waals surface area contributed by atoms with Crippen LogP contribution in [-0.2, 0) is 9.53 Å². The third-order valence-electron chi connectivity index (χ3n) is 6.64. The second-order valence-electron chi connectivity index (χ2n) is 8.72. The largest absolute Gasteiger partial charge is 0.459 e. The zero-order valence-electron chi connectivity index (χ0n) is 14.1. The normalized spacial score (nSPS) is 46.0. The molecule has 23 heavy (non-hydrogen) atoms. The van der Waals surface area contributed by atoms with E-state index < -0.39 is 16.4 Å². The first kappa shape index (κ1) is 17.4. The minimum absolute atomic E-state index is 0.0251. The van der Waals surface area contributed by atoms with Crippen LogP contribution in [-0.4, -0.2) is 22.3 Å². The SMILES string of the molecule is CC1(C)C[C@H](SC(F)(F)F)C[C@]2(C)[C@H]3CC(=O)O[C@]3(C)CC[C@@H]12. The molecule has 5 atom stereocenters. The Morgan fingerprint density at radius 3 is 2.39 bits per heavy atom. The summed E-state index contributed by atoms with van der Waals surface area (Å²) in [7, 11) is 0. The van der Waals surface area contributed by atoms with Gasteiger partial charge in [0, 0.05) is 11.2 Å². The number of carbonyl (C=O) groups is 1. The average Bonchev–Trinajstić information content (AvgIpc) is 2.61. The van der Waals surface area contributed by atoms with E-state index in [1.807, 2.05) is 6.92 Å². The van der Waals surface area contributed by atoms with Gasteiger partial charge in [0.15, 0.2) is 0 Å². The lowest BCUT2D eigenvalue weighted by Gasteiger charge is -2.61. The number of thioether (sulfide) groups is 1. The van der Waals surface area contributed by atoms with Gasteiger partial charge >= 0.3 is 11.5 Å². The van der Waals surface area contributed by atoms with Crippen molar-refractivity contribution in [3.63, 3.8) is 0 Å². The summed E-state index contributed by atoms with van der Waals surface area (Å²) in [6.45, 7) is 8.27. The first-order valence-corrected chi connectivity index (χ1v) is 9.20. The van der Waals surface area contributed by atoms with E-state index in [9.17, 15) is 18.0 Å². The molecule has 2 aliphatic carbocycles. The number of carbonyl (C=O) groups excluding carboxylic acids is 1. The molecule has 0 aromatic rings. The first-order chi connectivity index (χ1) is 10.4. The highest BCUT2D eigenvalue weighted by molar-refractivity contribution is 8.00. The molecule has 2 nitrogen and oxygen atoms in total. The fraction of sp³-hybridized carbons (Fsp3) is 0.941. The molecule has 0 spiro atoms. The first-order valence-electron chi connectivity index (χ1n) is 8.32. The molecule has 0 aromatic heterocycles. The number of halogens is 3. The van der Waals surface area contributed by atoms with Gasteiger partial charge in [0.2, 0.25) is 0 Å². The van der Waals surface area contributed by atoms with Gasteiger partial charge in [0.05, 0.1) is 6.42 Å². The molecule has 6 heteroatoms. The average molecular weight is 350 g/mol. The molecule has 3 rings (SSSR count). The van der Waals surface area contributed by atoms with E-state index in [0.29, 0.717) is 25.2 Å². The fourth-order valence-electron chi connectivity index (χ4n) is 6.05. The molecule has 0 aromatic carbocycles. The highest BCUT2D eigenvalue weighted by Gasteiger charge is 2.64. The lowest BCUT2D eigenvalue weighted by molar-refractivity contribution is -0.164. The monoisotopic (exact) mass is 350 g/mol. The van der Waals surface area contributed by atoms with Crippen LogP contribution in [0.25, 0.3) is 0 Å². The molecule has 1 heterocycles. The summed E-state index contributed by atoms with van der Waals surface area (Å²) in [4.78, 5) is 11.9. The zero-order valence-corrected chi connectivity index (χ0v) is 14.9. The lowest BCUT2D eigenvalue weighted by Crippen LogP contribution is -2.58. The van der Waals surface area contributed by atoms with Crippen LogP contribution < -0.4 is 0 Å². The number of ether oxygens (including phenoxy) is 1. The summed E-state index contributed by atoms with van der Waals surface area (Å²) in [5, 5.41) is -0.440. The van der Waals surface area contributed by atoms with Crippen LogP contribution in [0.5, 0.6) is 0 Å². The number of alkyl halides is 3. The van der Waals surface area contributed by atoms with E-state index in [4.69, 9.17) is 4.74 Å². The van der Waals surface area contributed by atoms with Crippen LogP contribution >= 0.6 is 11.8 Å². The molecule has 1 saturated heterocycles. The number of hydrogen-bond donors (Lipinski definition) is 0. The highest BCUT2D eigenvalue weighted by atomic mass is 32.2. The van der Waals surface area contributed by atoms with Gasteiger partial charge in [-0.3, -0.25) is 4.79 Å². The van der Waals surface area contributed by atoms with Crippen molar-refractivity contribution in [3.05, 3.63) is 0 Å². The van der Waals surface area contributed by atoms with Gasteiger partial charge in [-0.1, -0.05) is 20.8 Å². The Labute approximate surface area is 139 Å². The quantitative estimate of drug-likeness (QED) is 0.611. The number of rotatable bonds is 1. The molecule has 0 bridgehead atoms. The molecule has 0 N–H and O–H groups in total. The summed E-state index contributed by atoms with van der Waals surface area (Å²) in [5.74, 6) is 0.174. The summed E-state index contributed by atoms with van der Waals surface area (Å²) < 4.78 is 44.4. The second-order valence-corrected chi connectivity index (χ2v) is 10.1. The third kappa shape index (κ3) is 2.89. The van der Waals surface area contributed by atoms with Gasteiger partial charge in [-0.25, -0.2) is 0 Å². The van der Waals surface area contributed by atoms with E-state index in [1.165, 1.54) is 0 Å². The van der Waals surface area contributed by atoms with E-state index in [-0.39, 0.29) is 34.5 Å². The standard InChI is InChI=1S/C17H25F3O2S/c1-14(2)8-10(23-17(18,19)20)9-15(3)11(14)5-6-16(4)12(15)7-13(21)22-16/h10-12H,5-9H2,1-4H3/t10-,11-,12+,15-,16+/m0/s1. The predicted octanol–water partition coefficient (Wildman–Crippen LogP) is 5.17. The maximum absolute atomic E-state index is 12.9. The van der Waals surface area contributed by atoms with Crippen LogP contribution in [0.15, 0.2) is 0 Å². The molecule has 1 aliphatic heterocycles. The Morgan fingerprint density at radius 1 is 1.13 bits per heavy atom. The van der Waals surface area contributed by atoms with Crippen molar-refractivity contribution >= 4 is 17.7 Å². The van der Waals surface area contributed by atoms with Gasteiger partial charge in [-0.2, -0.15) is 13.2 Å². The van der Waals surface area contributed by atoms with Crippen molar-refractivity contribution < 1.29 is 22.7 Å². The number of fused-ring (bicyclic) bond motifs is 3. The van der Waals surface area contributed by atoms with Gasteiger partial charge in [0.1, 0.15) is 5.60 Å². The summed E-state index contributed by atoms with van der Waals surface area (Å²) in [6.07, 6.45) is 3.19. The molecule has 3 aliphatic rings. The summed E-state index contributed by atoms with van der Waals surface area (Å²) in [6, 6.07) is 0. The van der Waals surface area contributed by atoms with Crippen molar-refractivity contribution in [1.82, 2.24) is 0 Å². The molecule has 132 valence electrons. The Kier molecular flexibility index (Phi) is 3.83. The maximum atomic E-state index is 12.9. The minimum atomic E-state index is -4.20. The molecule has 3 fully saturated rings. The van der Waals surface area contributed by atoms with Crippen LogP contribution in [0.3, 0.4) is 0 Å². The summed E-state index contributed by atoms with van der Waals surface area (Å²) in [5.41, 5.74) is -5.13. The fourth-order valence-corrected chi connectivity index (χ4v) is 7.38. The van der Waals surface area contributed by atoms with Crippen molar-refractivity contribution in [3.8, 4) is 0 Å². The van der Waals surface area contributed by atoms with Crippen molar-refractivity contribution in [2.75, 3.05) is 0 Å². The Hall–Kier alpha value is -0.390. The van der Waals surface area contributed by atoms with E-state index in [1.54, 1.807) is 0 Å². The molecular weight excluding hydrogens is 325 g/mol. The van der Waals surface area contributed by atoms with E-state index >= 15 is 0 Å². The Morgan fingerprint density at radius 2 is 1.78 bits per heavy atom. The van der Waals surface area contributed by atoms with E-state index in [2.05, 4.69) is 20.8 Å². The number of hydrogen-bond acceptors (Lipinski definition) is 3. The molecule has 2 saturated carbocycles. The molecule has 0 radical (unpaired) electrons. The zero-order chi connectivity index (χ0) is 17.3. The van der Waals surface area contributed by atoms with Crippen LogP contribution in [0.2, 0.25) is 0 Å². The van der Waals surface area contributed by atoms with Gasteiger partial charge in [0.25, 0.3) is 0 Å². The summed E-state index contributed by atoms with van der Waals surface area (Å²) >= 11 is 0.142. The third-order valence-corrected chi connectivity index (χ3v) is 7.58. The second kappa shape index (κ2) is 5.06. The maximum Gasteiger partial charge on any atom is 0.442 e. The van der Waals surface area contributed by atoms with Crippen molar-refractivity contribution in [2.24, 2.45) is 22.7 Å². The van der Waals surface area contributed by atoms with Crippen LogP contribution in [0, 0.1) is 22.7 Å². The molecule has 0 unspecified atom stereocenters. The highest BCUT2D eigenvalue weighted by Crippen LogP contribution is 2.66. The van der Waals surface area contributed by atoms with Gasteiger partial charge in [-0.05, 0) is 61.1 Å². The Balaban J connectivity index is 1.94. The van der Waals surface area contributed by atoms with Gasteiger partial charge in [-0.15, -0.1) is 0 Å². The molecule has 0 amide bonds. The number of esters is 1. The lowest BCUT2D eigenvalue weighted by atomic mass is 9.45. The predicted molar refractivity (Wildman–Crippen MR) is 83.9 cm³/mol. The van der Waals surface area contributed by atoms with Crippen molar-refractivity contribution in [2.45, 2.75) is 76.2 Å². The van der Waals surface area contributed by atoms with Gasteiger partial charge < -0.3 is 4.74 Å². The van der Waals surface area contributed by atoms with Crippen molar-refractivity contribution in [1.29, 1.82) is 0 Å². The van der Waals surface area contributed by atoms with E-state index in [0.717, 1.165) is 12.8 Å². The topological polar surface area (TPSA) is 26.3 Å². The molecular formula is C17H25F3O2S.